The van der Waals surface area contributed by atoms with Crippen LogP contribution in [-0.4, -0.2) is 17.3 Å². The fourth-order valence-corrected chi connectivity index (χ4v) is 1.92. The second kappa shape index (κ2) is 3.69. The number of halogens is 1. The lowest BCUT2D eigenvalue weighted by Crippen LogP contribution is -2.43. The SMILES string of the molecule is C=C(C)C1(F)OC(c2ccccc2)=NC1(C)C. The predicted octanol–water partition coefficient (Wildman–Crippen LogP) is 3.48. The largest absolute Gasteiger partial charge is 0.434 e. The van der Waals surface area contributed by atoms with Gasteiger partial charge in [-0.05, 0) is 38.5 Å². The van der Waals surface area contributed by atoms with E-state index in [1.54, 1.807) is 20.8 Å². The van der Waals surface area contributed by atoms with Crippen molar-refractivity contribution in [2.45, 2.75) is 32.2 Å². The molecule has 0 radical (unpaired) electrons. The topological polar surface area (TPSA) is 21.6 Å². The van der Waals surface area contributed by atoms with Crippen LogP contribution in [0.3, 0.4) is 0 Å². The van der Waals surface area contributed by atoms with Gasteiger partial charge in [0, 0.05) is 5.56 Å². The number of hydrogen-bond acceptors (Lipinski definition) is 2. The summed E-state index contributed by atoms with van der Waals surface area (Å²) in [6.45, 7) is 8.69. The smallest absolute Gasteiger partial charge is 0.295 e. The Labute approximate surface area is 101 Å². The molecule has 1 aromatic rings. The molecule has 0 amide bonds. The molecule has 1 aliphatic heterocycles. The van der Waals surface area contributed by atoms with Gasteiger partial charge in [0.05, 0.1) is 0 Å². The first kappa shape index (κ1) is 11.8. The van der Waals surface area contributed by atoms with Crippen LogP contribution in [0.15, 0.2) is 47.5 Å². The molecule has 0 N–H and O–H groups in total. The van der Waals surface area contributed by atoms with E-state index >= 15 is 0 Å². The lowest BCUT2D eigenvalue weighted by Gasteiger charge is -2.30. The first-order valence-electron chi connectivity index (χ1n) is 5.56. The van der Waals surface area contributed by atoms with Crippen LogP contribution < -0.4 is 0 Å². The molecule has 1 heterocycles. The second-order valence-electron chi connectivity index (χ2n) is 4.82. The van der Waals surface area contributed by atoms with Crippen LogP contribution in [0.5, 0.6) is 0 Å². The molecular weight excluding hydrogens is 217 g/mol. The average molecular weight is 233 g/mol. The van der Waals surface area contributed by atoms with Gasteiger partial charge in [-0.3, -0.25) is 0 Å². The van der Waals surface area contributed by atoms with E-state index in [0.717, 1.165) is 5.56 Å². The maximum absolute atomic E-state index is 14.7. The summed E-state index contributed by atoms with van der Waals surface area (Å²) in [7, 11) is 0. The molecule has 0 aromatic heterocycles. The van der Waals surface area contributed by atoms with Crippen LogP contribution in [-0.2, 0) is 4.74 Å². The van der Waals surface area contributed by atoms with Crippen LogP contribution in [0.4, 0.5) is 4.39 Å². The third-order valence-electron chi connectivity index (χ3n) is 2.97. The molecule has 0 saturated carbocycles. The third kappa shape index (κ3) is 1.75. The Hall–Kier alpha value is -1.64. The Kier molecular flexibility index (Phi) is 2.57. The third-order valence-corrected chi connectivity index (χ3v) is 2.97. The molecule has 3 heteroatoms. The zero-order valence-corrected chi connectivity index (χ0v) is 10.3. The fraction of sp³-hybridized carbons (Fsp3) is 0.357. The van der Waals surface area contributed by atoms with Gasteiger partial charge in [0.25, 0.3) is 5.85 Å². The standard InChI is InChI=1S/C14H16FNO/c1-10(2)14(15)13(3,4)16-12(17-14)11-8-6-5-7-9-11/h5-9H,1H2,2-4H3. The lowest BCUT2D eigenvalue weighted by atomic mass is 9.91. The molecule has 17 heavy (non-hydrogen) atoms. The van der Waals surface area contributed by atoms with Crippen molar-refractivity contribution < 1.29 is 9.13 Å². The van der Waals surface area contributed by atoms with Gasteiger partial charge in [-0.25, -0.2) is 4.99 Å². The van der Waals surface area contributed by atoms with Crippen LogP contribution in [0.2, 0.25) is 0 Å². The van der Waals surface area contributed by atoms with Crippen molar-refractivity contribution in [1.82, 2.24) is 0 Å². The van der Waals surface area contributed by atoms with E-state index in [1.165, 1.54) is 0 Å². The van der Waals surface area contributed by atoms with Gasteiger partial charge in [0.2, 0.25) is 5.90 Å². The van der Waals surface area contributed by atoms with Crippen molar-refractivity contribution in [2.75, 3.05) is 0 Å². The van der Waals surface area contributed by atoms with E-state index in [2.05, 4.69) is 11.6 Å². The van der Waals surface area contributed by atoms with E-state index in [-0.39, 0.29) is 0 Å². The minimum Gasteiger partial charge on any atom is -0.434 e. The van der Waals surface area contributed by atoms with Crippen LogP contribution in [0.1, 0.15) is 26.3 Å². The van der Waals surface area contributed by atoms with Crippen molar-refractivity contribution in [2.24, 2.45) is 4.99 Å². The van der Waals surface area contributed by atoms with Crippen molar-refractivity contribution in [1.29, 1.82) is 0 Å². The molecule has 1 aliphatic rings. The molecule has 2 rings (SSSR count). The lowest BCUT2D eigenvalue weighted by molar-refractivity contribution is -0.0654. The summed E-state index contributed by atoms with van der Waals surface area (Å²) in [6.07, 6.45) is 0. The van der Waals surface area contributed by atoms with Crippen molar-refractivity contribution in [3.8, 4) is 0 Å². The molecular formula is C14H16FNO. The molecule has 1 atom stereocenters. The summed E-state index contributed by atoms with van der Waals surface area (Å²) in [6, 6.07) is 9.32. The first-order chi connectivity index (χ1) is 7.87. The second-order valence-corrected chi connectivity index (χ2v) is 4.82. The van der Waals surface area contributed by atoms with Crippen LogP contribution >= 0.6 is 0 Å². The summed E-state index contributed by atoms with van der Waals surface area (Å²) in [5.41, 5.74) is 0.155. The molecule has 0 spiro atoms. The monoisotopic (exact) mass is 233 g/mol. The van der Waals surface area contributed by atoms with E-state index in [9.17, 15) is 4.39 Å². The van der Waals surface area contributed by atoms with Gasteiger partial charge >= 0.3 is 0 Å². The van der Waals surface area contributed by atoms with E-state index in [1.807, 2.05) is 30.3 Å². The Morgan fingerprint density at radius 2 is 1.88 bits per heavy atom. The number of alkyl halides is 1. The summed E-state index contributed by atoms with van der Waals surface area (Å²) in [5, 5.41) is 0. The van der Waals surface area contributed by atoms with E-state index < -0.39 is 11.4 Å². The molecule has 2 nitrogen and oxygen atoms in total. The maximum Gasteiger partial charge on any atom is 0.295 e. The number of benzene rings is 1. The first-order valence-corrected chi connectivity index (χ1v) is 5.56. The quantitative estimate of drug-likeness (QED) is 0.716. The number of ether oxygens (including phenoxy) is 1. The maximum atomic E-state index is 14.7. The zero-order valence-electron chi connectivity index (χ0n) is 10.3. The van der Waals surface area contributed by atoms with Gasteiger partial charge < -0.3 is 4.74 Å². The zero-order chi connectivity index (χ0) is 12.7. The highest BCUT2D eigenvalue weighted by Crippen LogP contribution is 2.42. The summed E-state index contributed by atoms with van der Waals surface area (Å²) >= 11 is 0. The Morgan fingerprint density at radius 1 is 1.29 bits per heavy atom. The van der Waals surface area contributed by atoms with Crippen molar-refractivity contribution >= 4 is 5.90 Å². The van der Waals surface area contributed by atoms with Crippen LogP contribution in [0.25, 0.3) is 0 Å². The Morgan fingerprint density at radius 3 is 2.35 bits per heavy atom. The highest BCUT2D eigenvalue weighted by molar-refractivity contribution is 5.96. The summed E-state index contributed by atoms with van der Waals surface area (Å²) in [5.74, 6) is -1.60. The molecule has 1 unspecified atom stereocenters. The van der Waals surface area contributed by atoms with Crippen LogP contribution in [0, 0.1) is 0 Å². The summed E-state index contributed by atoms with van der Waals surface area (Å²) < 4.78 is 20.1. The molecule has 0 saturated heterocycles. The summed E-state index contributed by atoms with van der Waals surface area (Å²) in [4.78, 5) is 4.32. The Balaban J connectivity index is 2.41. The minimum absolute atomic E-state index is 0.331. The molecule has 0 bridgehead atoms. The predicted molar refractivity (Wildman–Crippen MR) is 66.8 cm³/mol. The highest BCUT2D eigenvalue weighted by Gasteiger charge is 2.54. The van der Waals surface area contributed by atoms with Crippen molar-refractivity contribution in [3.63, 3.8) is 0 Å². The normalized spacial score (nSPS) is 26.2. The fourth-order valence-electron chi connectivity index (χ4n) is 1.92. The number of rotatable bonds is 2. The number of hydrogen-bond donors (Lipinski definition) is 0. The van der Waals surface area contributed by atoms with E-state index in [0.29, 0.717) is 11.5 Å². The molecule has 1 aromatic carbocycles. The average Bonchev–Trinajstić information content (AvgIpc) is 2.52. The minimum atomic E-state index is -1.93. The van der Waals surface area contributed by atoms with Gasteiger partial charge in [0.15, 0.2) is 0 Å². The van der Waals surface area contributed by atoms with Gasteiger partial charge in [0.1, 0.15) is 5.54 Å². The number of aliphatic imine (C=N–C) groups is 1. The number of nitrogens with zero attached hydrogens (tertiary/aromatic N) is 1. The van der Waals surface area contributed by atoms with Gasteiger partial charge in [-0.15, -0.1) is 0 Å². The molecule has 0 fully saturated rings. The van der Waals surface area contributed by atoms with Crippen molar-refractivity contribution in [3.05, 3.63) is 48.0 Å². The Bertz CT molecular complexity index is 478. The molecule has 90 valence electrons. The molecule has 0 aliphatic carbocycles. The highest BCUT2D eigenvalue weighted by atomic mass is 19.2. The van der Waals surface area contributed by atoms with E-state index in [4.69, 9.17) is 4.74 Å². The van der Waals surface area contributed by atoms with Gasteiger partial charge in [-0.1, -0.05) is 24.8 Å². The van der Waals surface area contributed by atoms with Gasteiger partial charge in [-0.2, -0.15) is 4.39 Å².